The summed E-state index contributed by atoms with van der Waals surface area (Å²) in [5.41, 5.74) is 1.79. The Kier molecular flexibility index (Phi) is 4.43. The van der Waals surface area contributed by atoms with Gasteiger partial charge in [-0.15, -0.1) is 0 Å². The van der Waals surface area contributed by atoms with Crippen LogP contribution in [0.2, 0.25) is 0 Å². The van der Waals surface area contributed by atoms with Gasteiger partial charge in [0.2, 0.25) is 15.9 Å². The summed E-state index contributed by atoms with van der Waals surface area (Å²) >= 11 is 0. The largest absolute Gasteiger partial charge is 0.321 e. The van der Waals surface area contributed by atoms with Gasteiger partial charge in [-0.05, 0) is 24.6 Å². The maximum Gasteiger partial charge on any atom is 0.245 e. The van der Waals surface area contributed by atoms with E-state index < -0.39 is 16.2 Å². The predicted molar refractivity (Wildman–Crippen MR) is 91.6 cm³/mol. The lowest BCUT2D eigenvalue weighted by Gasteiger charge is -2.29. The van der Waals surface area contributed by atoms with Crippen LogP contribution in [0.15, 0.2) is 59.5 Å². The third kappa shape index (κ3) is 2.95. The molecular formula is C18H20N2O3S. The van der Waals surface area contributed by atoms with E-state index in [1.807, 2.05) is 37.3 Å². The molecule has 0 unspecified atom stereocenters. The normalized spacial score (nSPS) is 18.8. The molecule has 0 spiro atoms. The summed E-state index contributed by atoms with van der Waals surface area (Å²) in [6.45, 7) is 4.06. The second-order valence-electron chi connectivity index (χ2n) is 5.93. The monoisotopic (exact) mass is 344 g/mol. The molecule has 1 atom stereocenters. The molecular weight excluding hydrogens is 324 g/mol. The van der Waals surface area contributed by atoms with E-state index in [2.05, 4.69) is 0 Å². The van der Waals surface area contributed by atoms with Gasteiger partial charge in [0.25, 0.3) is 0 Å². The maximum atomic E-state index is 13.1. The molecule has 0 N–H and O–H groups in total. The average molecular weight is 344 g/mol. The number of aryl methyl sites for hydroxylation is 1. The summed E-state index contributed by atoms with van der Waals surface area (Å²) < 4.78 is 27.6. The van der Waals surface area contributed by atoms with Crippen LogP contribution < -0.4 is 0 Å². The van der Waals surface area contributed by atoms with Gasteiger partial charge in [0.1, 0.15) is 6.17 Å². The number of benzene rings is 2. The Morgan fingerprint density at radius 2 is 1.62 bits per heavy atom. The molecule has 1 saturated heterocycles. The fourth-order valence-corrected chi connectivity index (χ4v) is 4.58. The van der Waals surface area contributed by atoms with E-state index in [9.17, 15) is 13.2 Å². The molecule has 2 aromatic carbocycles. The molecule has 3 rings (SSSR count). The van der Waals surface area contributed by atoms with Crippen LogP contribution in [0, 0.1) is 6.92 Å². The summed E-state index contributed by atoms with van der Waals surface area (Å²) in [5.74, 6) is -0.134. The van der Waals surface area contributed by atoms with E-state index in [0.29, 0.717) is 6.54 Å². The van der Waals surface area contributed by atoms with E-state index in [1.165, 1.54) is 11.2 Å². The topological polar surface area (TPSA) is 57.7 Å². The molecule has 0 radical (unpaired) electrons. The van der Waals surface area contributed by atoms with Gasteiger partial charge in [-0.3, -0.25) is 4.79 Å². The van der Waals surface area contributed by atoms with E-state index in [-0.39, 0.29) is 17.3 Å². The number of hydrogen-bond donors (Lipinski definition) is 0. The minimum atomic E-state index is -3.68. The highest BCUT2D eigenvalue weighted by Crippen LogP contribution is 2.34. The Hall–Kier alpha value is -2.18. The highest BCUT2D eigenvalue weighted by Gasteiger charge is 2.42. The Bertz CT molecular complexity index is 832. The quantitative estimate of drug-likeness (QED) is 0.860. The molecule has 1 amide bonds. The van der Waals surface area contributed by atoms with Crippen LogP contribution >= 0.6 is 0 Å². The molecule has 0 aliphatic carbocycles. The molecule has 1 aliphatic rings. The molecule has 126 valence electrons. The SMILES string of the molecule is CC(=O)N1CCN(S(=O)(=O)c2ccc(C)cc2)[C@@H]1c1ccccc1. The van der Waals surface area contributed by atoms with Gasteiger partial charge in [0, 0.05) is 20.0 Å². The van der Waals surface area contributed by atoms with Gasteiger partial charge in [-0.25, -0.2) is 8.42 Å². The molecule has 6 heteroatoms. The van der Waals surface area contributed by atoms with Gasteiger partial charge in [-0.2, -0.15) is 4.31 Å². The summed E-state index contributed by atoms with van der Waals surface area (Å²) in [4.78, 5) is 13.8. The smallest absolute Gasteiger partial charge is 0.245 e. The van der Waals surface area contributed by atoms with Crippen LogP contribution in [0.4, 0.5) is 0 Å². The lowest BCUT2D eigenvalue weighted by Crippen LogP contribution is -2.37. The van der Waals surface area contributed by atoms with Gasteiger partial charge >= 0.3 is 0 Å². The summed E-state index contributed by atoms with van der Waals surface area (Å²) in [6.07, 6.45) is -0.602. The molecule has 1 fully saturated rings. The third-order valence-corrected chi connectivity index (χ3v) is 6.13. The van der Waals surface area contributed by atoms with Crippen molar-refractivity contribution < 1.29 is 13.2 Å². The molecule has 0 aromatic heterocycles. The lowest BCUT2D eigenvalue weighted by molar-refractivity contribution is -0.130. The standard InChI is InChI=1S/C18H20N2O3S/c1-14-8-10-17(11-9-14)24(22,23)20-13-12-19(15(2)21)18(20)16-6-4-3-5-7-16/h3-11,18H,12-13H2,1-2H3/t18-/m1/s1. The van der Waals surface area contributed by atoms with E-state index >= 15 is 0 Å². The maximum absolute atomic E-state index is 13.1. The second kappa shape index (κ2) is 6.37. The number of hydrogen-bond acceptors (Lipinski definition) is 3. The van der Waals surface area contributed by atoms with Crippen molar-refractivity contribution in [1.29, 1.82) is 0 Å². The zero-order valence-electron chi connectivity index (χ0n) is 13.7. The molecule has 0 saturated carbocycles. The van der Waals surface area contributed by atoms with Gasteiger partial charge in [0.15, 0.2) is 0 Å². The molecule has 2 aromatic rings. The first-order chi connectivity index (χ1) is 11.4. The van der Waals surface area contributed by atoms with Crippen molar-refractivity contribution in [3.63, 3.8) is 0 Å². The van der Waals surface area contributed by atoms with Crippen LogP contribution in [0.25, 0.3) is 0 Å². The lowest BCUT2D eigenvalue weighted by atomic mass is 10.1. The van der Waals surface area contributed by atoms with Crippen molar-refractivity contribution in [2.45, 2.75) is 24.9 Å². The highest BCUT2D eigenvalue weighted by atomic mass is 32.2. The first kappa shape index (κ1) is 16.7. The van der Waals surface area contributed by atoms with E-state index in [0.717, 1.165) is 11.1 Å². The minimum absolute atomic E-state index is 0.134. The van der Waals surface area contributed by atoms with Crippen LogP contribution in [0.1, 0.15) is 24.2 Å². The summed E-state index contributed by atoms with van der Waals surface area (Å²) in [5, 5.41) is 0. The zero-order valence-corrected chi connectivity index (χ0v) is 14.5. The van der Waals surface area contributed by atoms with Crippen molar-refractivity contribution in [1.82, 2.24) is 9.21 Å². The van der Waals surface area contributed by atoms with Crippen molar-refractivity contribution in [3.8, 4) is 0 Å². The summed E-state index contributed by atoms with van der Waals surface area (Å²) in [6, 6.07) is 16.1. The molecule has 1 aliphatic heterocycles. The van der Waals surface area contributed by atoms with Crippen molar-refractivity contribution in [2.24, 2.45) is 0 Å². The second-order valence-corrected chi connectivity index (χ2v) is 7.82. The average Bonchev–Trinajstić information content (AvgIpc) is 3.02. The number of nitrogens with zero attached hydrogens (tertiary/aromatic N) is 2. The van der Waals surface area contributed by atoms with Gasteiger partial charge in [0.05, 0.1) is 4.90 Å². The van der Waals surface area contributed by atoms with Gasteiger partial charge in [-0.1, -0.05) is 48.0 Å². The zero-order chi connectivity index (χ0) is 17.3. The fourth-order valence-electron chi connectivity index (χ4n) is 3.00. The Morgan fingerprint density at radius 1 is 1.00 bits per heavy atom. The first-order valence-corrected chi connectivity index (χ1v) is 9.26. The number of carbonyl (C=O) groups is 1. The van der Waals surface area contributed by atoms with Crippen molar-refractivity contribution in [2.75, 3.05) is 13.1 Å². The number of sulfonamides is 1. The van der Waals surface area contributed by atoms with E-state index in [4.69, 9.17) is 0 Å². The highest BCUT2D eigenvalue weighted by molar-refractivity contribution is 7.89. The van der Waals surface area contributed by atoms with Crippen molar-refractivity contribution in [3.05, 3.63) is 65.7 Å². The van der Waals surface area contributed by atoms with Crippen molar-refractivity contribution >= 4 is 15.9 Å². The molecule has 5 nitrogen and oxygen atoms in total. The van der Waals surface area contributed by atoms with Gasteiger partial charge < -0.3 is 4.90 Å². The molecule has 1 heterocycles. The van der Waals surface area contributed by atoms with Crippen LogP contribution in [0.5, 0.6) is 0 Å². The Morgan fingerprint density at radius 3 is 2.21 bits per heavy atom. The minimum Gasteiger partial charge on any atom is -0.321 e. The summed E-state index contributed by atoms with van der Waals surface area (Å²) in [7, 11) is -3.68. The fraction of sp³-hybridized carbons (Fsp3) is 0.278. The first-order valence-electron chi connectivity index (χ1n) is 7.82. The van der Waals surface area contributed by atoms with E-state index in [1.54, 1.807) is 29.2 Å². The Balaban J connectivity index is 2.05. The number of carbonyl (C=O) groups excluding carboxylic acids is 1. The third-order valence-electron chi connectivity index (χ3n) is 4.26. The molecule has 0 bridgehead atoms. The molecule has 24 heavy (non-hydrogen) atoms. The predicted octanol–water partition coefficient (Wildman–Crippen LogP) is 2.55. The number of rotatable bonds is 3. The van der Waals surface area contributed by atoms with Crippen LogP contribution in [-0.2, 0) is 14.8 Å². The Labute approximate surface area is 142 Å². The van der Waals surface area contributed by atoms with Crippen LogP contribution in [0.3, 0.4) is 0 Å². The van der Waals surface area contributed by atoms with Crippen LogP contribution in [-0.4, -0.2) is 36.6 Å². The number of amides is 1.